The highest BCUT2D eigenvalue weighted by atomic mass is 16.2. The van der Waals surface area contributed by atoms with Gasteiger partial charge < -0.3 is 15.1 Å². The zero-order chi connectivity index (χ0) is 18.8. The van der Waals surface area contributed by atoms with Crippen molar-refractivity contribution >= 4 is 28.2 Å². The number of hydrogen-bond donors (Lipinski definition) is 1. The normalized spacial score (nSPS) is 14.4. The molecule has 0 unspecified atom stereocenters. The predicted octanol–water partition coefficient (Wildman–Crippen LogP) is 4.81. The van der Waals surface area contributed by atoms with Crippen molar-refractivity contribution < 1.29 is 4.79 Å². The standard InChI is InChI=1S/C23H25N3O/c1-17-10-11-22(18(2)16-17)25-12-14-26(15-13-25)23(27)24-21-9-5-7-19-6-3-4-8-20(19)21/h3-11,16H,12-15H2,1-2H3,(H,24,27). The summed E-state index contributed by atoms with van der Waals surface area (Å²) in [4.78, 5) is 17.0. The van der Waals surface area contributed by atoms with Crippen LogP contribution in [0.15, 0.2) is 60.7 Å². The van der Waals surface area contributed by atoms with Gasteiger partial charge in [-0.3, -0.25) is 0 Å². The Hall–Kier alpha value is -3.01. The maximum absolute atomic E-state index is 12.8. The van der Waals surface area contributed by atoms with Crippen molar-refractivity contribution in [1.29, 1.82) is 0 Å². The molecule has 0 saturated carbocycles. The van der Waals surface area contributed by atoms with E-state index in [1.54, 1.807) is 0 Å². The Bertz CT molecular complexity index is 969. The van der Waals surface area contributed by atoms with E-state index in [-0.39, 0.29) is 6.03 Å². The summed E-state index contributed by atoms with van der Waals surface area (Å²) in [5.74, 6) is 0. The molecule has 1 aliphatic heterocycles. The minimum Gasteiger partial charge on any atom is -0.368 e. The second-order valence-corrected chi connectivity index (χ2v) is 7.22. The number of amides is 2. The molecule has 1 aliphatic rings. The van der Waals surface area contributed by atoms with Gasteiger partial charge in [0.1, 0.15) is 0 Å². The molecule has 0 aliphatic carbocycles. The molecule has 0 aromatic heterocycles. The summed E-state index contributed by atoms with van der Waals surface area (Å²) in [7, 11) is 0. The molecule has 0 spiro atoms. The summed E-state index contributed by atoms with van der Waals surface area (Å²) >= 11 is 0. The summed E-state index contributed by atoms with van der Waals surface area (Å²) in [5.41, 5.74) is 4.72. The lowest BCUT2D eigenvalue weighted by atomic mass is 10.1. The number of carbonyl (C=O) groups is 1. The van der Waals surface area contributed by atoms with E-state index < -0.39 is 0 Å². The molecule has 0 radical (unpaired) electrons. The van der Waals surface area contributed by atoms with Crippen LogP contribution in [0.1, 0.15) is 11.1 Å². The van der Waals surface area contributed by atoms with E-state index in [0.29, 0.717) is 0 Å². The molecular weight excluding hydrogens is 334 g/mol. The summed E-state index contributed by atoms with van der Waals surface area (Å²) < 4.78 is 0. The molecule has 1 heterocycles. The molecule has 3 aromatic rings. The molecule has 4 heteroatoms. The Labute approximate surface area is 160 Å². The zero-order valence-corrected chi connectivity index (χ0v) is 15.9. The lowest BCUT2D eigenvalue weighted by molar-refractivity contribution is 0.208. The molecule has 2 amide bonds. The van der Waals surface area contributed by atoms with Crippen LogP contribution in [0.5, 0.6) is 0 Å². The number of fused-ring (bicyclic) bond motifs is 1. The van der Waals surface area contributed by atoms with E-state index in [2.05, 4.69) is 54.4 Å². The van der Waals surface area contributed by atoms with Gasteiger partial charge in [-0.1, -0.05) is 54.1 Å². The lowest BCUT2D eigenvalue weighted by Crippen LogP contribution is -2.50. The Balaban J connectivity index is 1.43. The molecule has 3 aromatic carbocycles. The van der Waals surface area contributed by atoms with Crippen LogP contribution in [0.4, 0.5) is 16.2 Å². The largest absolute Gasteiger partial charge is 0.368 e. The predicted molar refractivity (Wildman–Crippen MR) is 113 cm³/mol. The first-order chi connectivity index (χ1) is 13.1. The van der Waals surface area contributed by atoms with E-state index in [9.17, 15) is 4.79 Å². The highest BCUT2D eigenvalue weighted by Gasteiger charge is 2.22. The van der Waals surface area contributed by atoms with Crippen molar-refractivity contribution in [3.63, 3.8) is 0 Å². The quantitative estimate of drug-likeness (QED) is 0.713. The van der Waals surface area contributed by atoms with E-state index in [4.69, 9.17) is 0 Å². The molecule has 4 rings (SSSR count). The number of nitrogens with one attached hydrogen (secondary N) is 1. The molecule has 1 saturated heterocycles. The smallest absolute Gasteiger partial charge is 0.321 e. The van der Waals surface area contributed by atoms with Crippen LogP contribution < -0.4 is 10.2 Å². The van der Waals surface area contributed by atoms with Crippen LogP contribution in [0.2, 0.25) is 0 Å². The van der Waals surface area contributed by atoms with Gasteiger partial charge in [-0.2, -0.15) is 0 Å². The molecule has 138 valence electrons. The molecule has 1 N–H and O–H groups in total. The summed E-state index contributed by atoms with van der Waals surface area (Å²) in [6.07, 6.45) is 0. The van der Waals surface area contributed by atoms with Crippen molar-refractivity contribution in [2.45, 2.75) is 13.8 Å². The number of carbonyl (C=O) groups excluding carboxylic acids is 1. The van der Waals surface area contributed by atoms with Gasteiger partial charge in [0.2, 0.25) is 0 Å². The van der Waals surface area contributed by atoms with E-state index in [0.717, 1.165) is 42.6 Å². The third kappa shape index (κ3) is 3.61. The van der Waals surface area contributed by atoms with Gasteiger partial charge in [0, 0.05) is 37.3 Å². The average molecular weight is 359 g/mol. The van der Waals surface area contributed by atoms with Crippen LogP contribution in [0, 0.1) is 13.8 Å². The van der Waals surface area contributed by atoms with Crippen LogP contribution in [0.25, 0.3) is 10.8 Å². The summed E-state index contributed by atoms with van der Waals surface area (Å²) in [6, 6.07) is 20.7. The number of aryl methyl sites for hydroxylation is 2. The van der Waals surface area contributed by atoms with Gasteiger partial charge >= 0.3 is 6.03 Å². The van der Waals surface area contributed by atoms with Gasteiger partial charge in [0.15, 0.2) is 0 Å². The fourth-order valence-corrected chi connectivity index (χ4v) is 3.84. The van der Waals surface area contributed by atoms with Crippen molar-refractivity contribution in [3.05, 3.63) is 71.8 Å². The van der Waals surface area contributed by atoms with Gasteiger partial charge in [-0.25, -0.2) is 4.79 Å². The van der Waals surface area contributed by atoms with Crippen molar-refractivity contribution in [1.82, 2.24) is 4.90 Å². The topological polar surface area (TPSA) is 35.6 Å². The number of rotatable bonds is 2. The van der Waals surface area contributed by atoms with Crippen LogP contribution in [-0.2, 0) is 0 Å². The molecule has 0 bridgehead atoms. The number of nitrogens with zero attached hydrogens (tertiary/aromatic N) is 2. The first kappa shape index (κ1) is 17.4. The van der Waals surface area contributed by atoms with Gasteiger partial charge in [0.25, 0.3) is 0 Å². The van der Waals surface area contributed by atoms with E-state index >= 15 is 0 Å². The van der Waals surface area contributed by atoms with Crippen LogP contribution in [0.3, 0.4) is 0 Å². The zero-order valence-electron chi connectivity index (χ0n) is 15.9. The maximum Gasteiger partial charge on any atom is 0.321 e. The highest BCUT2D eigenvalue weighted by molar-refractivity contribution is 6.01. The summed E-state index contributed by atoms with van der Waals surface area (Å²) in [5, 5.41) is 5.30. The van der Waals surface area contributed by atoms with Crippen molar-refractivity contribution in [3.8, 4) is 0 Å². The average Bonchev–Trinajstić information content (AvgIpc) is 2.68. The lowest BCUT2D eigenvalue weighted by Gasteiger charge is -2.36. The first-order valence-electron chi connectivity index (χ1n) is 9.48. The minimum absolute atomic E-state index is 0.0216. The monoisotopic (exact) mass is 359 g/mol. The first-order valence-corrected chi connectivity index (χ1v) is 9.48. The van der Waals surface area contributed by atoms with Crippen LogP contribution >= 0.6 is 0 Å². The summed E-state index contributed by atoms with van der Waals surface area (Å²) in [6.45, 7) is 7.43. The second kappa shape index (κ2) is 7.31. The van der Waals surface area contributed by atoms with Crippen LogP contribution in [-0.4, -0.2) is 37.1 Å². The SMILES string of the molecule is Cc1ccc(N2CCN(C(=O)Nc3cccc4ccccc34)CC2)c(C)c1. The maximum atomic E-state index is 12.8. The second-order valence-electron chi connectivity index (χ2n) is 7.22. The molecule has 0 atom stereocenters. The Morgan fingerprint density at radius 2 is 1.63 bits per heavy atom. The number of anilines is 2. The fourth-order valence-electron chi connectivity index (χ4n) is 3.84. The third-order valence-corrected chi connectivity index (χ3v) is 5.29. The molecule has 27 heavy (non-hydrogen) atoms. The van der Waals surface area contributed by atoms with Gasteiger partial charge in [-0.15, -0.1) is 0 Å². The number of benzene rings is 3. The molecule has 4 nitrogen and oxygen atoms in total. The molecule has 1 fully saturated rings. The van der Waals surface area contributed by atoms with E-state index in [1.165, 1.54) is 16.8 Å². The highest BCUT2D eigenvalue weighted by Crippen LogP contribution is 2.25. The fraction of sp³-hybridized carbons (Fsp3) is 0.261. The third-order valence-electron chi connectivity index (χ3n) is 5.29. The Kier molecular flexibility index (Phi) is 4.71. The number of hydrogen-bond acceptors (Lipinski definition) is 2. The Morgan fingerprint density at radius 1 is 0.889 bits per heavy atom. The van der Waals surface area contributed by atoms with Crippen molar-refractivity contribution in [2.75, 3.05) is 36.4 Å². The van der Waals surface area contributed by atoms with Crippen molar-refractivity contribution in [2.24, 2.45) is 0 Å². The number of piperazine rings is 1. The minimum atomic E-state index is -0.0216. The van der Waals surface area contributed by atoms with Gasteiger partial charge in [-0.05, 0) is 36.9 Å². The Morgan fingerprint density at radius 3 is 2.41 bits per heavy atom. The number of urea groups is 1. The van der Waals surface area contributed by atoms with E-state index in [1.807, 2.05) is 35.2 Å². The molecular formula is C23H25N3O. The van der Waals surface area contributed by atoms with Gasteiger partial charge in [0.05, 0.1) is 5.69 Å².